The number of nitrogens with one attached hydrogen (secondary N) is 1. The first kappa shape index (κ1) is 11.5. The quantitative estimate of drug-likeness (QED) is 0.868. The zero-order valence-corrected chi connectivity index (χ0v) is 9.61. The molecule has 0 unspecified atom stereocenters. The molecule has 0 radical (unpaired) electrons. The molecule has 0 aromatic heterocycles. The first-order chi connectivity index (χ1) is 8.16. The number of carboxylic acids is 1. The number of para-hydroxylation sites is 1. The number of benzene rings is 2. The van der Waals surface area contributed by atoms with E-state index < -0.39 is 5.97 Å². The van der Waals surface area contributed by atoms with E-state index in [0.29, 0.717) is 10.7 Å². The third-order valence-corrected chi connectivity index (χ3v) is 2.59. The SMILES string of the molecule is O=C(O)c1cccc(Nc2ccccc2Cl)c1. The zero-order valence-electron chi connectivity index (χ0n) is 8.85. The van der Waals surface area contributed by atoms with Crippen LogP contribution in [0.15, 0.2) is 48.5 Å². The molecule has 17 heavy (non-hydrogen) atoms. The van der Waals surface area contributed by atoms with Crippen molar-refractivity contribution in [3.63, 3.8) is 0 Å². The van der Waals surface area contributed by atoms with Crippen LogP contribution >= 0.6 is 11.6 Å². The summed E-state index contributed by atoms with van der Waals surface area (Å²) < 4.78 is 0. The van der Waals surface area contributed by atoms with E-state index in [9.17, 15) is 4.79 Å². The predicted molar refractivity (Wildman–Crippen MR) is 68.1 cm³/mol. The number of anilines is 2. The van der Waals surface area contributed by atoms with Gasteiger partial charge in [0.2, 0.25) is 0 Å². The smallest absolute Gasteiger partial charge is 0.335 e. The molecule has 0 fully saturated rings. The molecule has 0 saturated carbocycles. The lowest BCUT2D eigenvalue weighted by Gasteiger charge is -2.08. The number of hydrogen-bond donors (Lipinski definition) is 2. The van der Waals surface area contributed by atoms with Crippen LogP contribution in [-0.4, -0.2) is 11.1 Å². The Bertz CT molecular complexity index is 555. The Hall–Kier alpha value is -2.00. The van der Waals surface area contributed by atoms with E-state index in [0.717, 1.165) is 5.69 Å². The van der Waals surface area contributed by atoms with Crippen LogP contribution in [0.25, 0.3) is 0 Å². The summed E-state index contributed by atoms with van der Waals surface area (Å²) in [5, 5.41) is 12.5. The molecule has 2 N–H and O–H groups in total. The fourth-order valence-electron chi connectivity index (χ4n) is 1.45. The van der Waals surface area contributed by atoms with Gasteiger partial charge in [0.05, 0.1) is 16.3 Å². The predicted octanol–water partition coefficient (Wildman–Crippen LogP) is 3.78. The number of carbonyl (C=O) groups is 1. The maximum Gasteiger partial charge on any atom is 0.335 e. The molecule has 2 aromatic carbocycles. The van der Waals surface area contributed by atoms with Crippen molar-refractivity contribution in [3.8, 4) is 0 Å². The summed E-state index contributed by atoms with van der Waals surface area (Å²) in [6.07, 6.45) is 0. The van der Waals surface area contributed by atoms with E-state index >= 15 is 0 Å². The van der Waals surface area contributed by atoms with Gasteiger partial charge in [-0.3, -0.25) is 0 Å². The van der Waals surface area contributed by atoms with Crippen molar-refractivity contribution in [2.75, 3.05) is 5.32 Å². The Kier molecular flexibility index (Phi) is 3.30. The van der Waals surface area contributed by atoms with Gasteiger partial charge in [0.1, 0.15) is 0 Å². The van der Waals surface area contributed by atoms with Gasteiger partial charge in [0.25, 0.3) is 0 Å². The first-order valence-corrected chi connectivity index (χ1v) is 5.39. The lowest BCUT2D eigenvalue weighted by molar-refractivity contribution is 0.0697. The number of hydrogen-bond acceptors (Lipinski definition) is 2. The molecule has 0 aliphatic rings. The van der Waals surface area contributed by atoms with Crippen LogP contribution in [0.4, 0.5) is 11.4 Å². The Morgan fingerprint density at radius 1 is 1.12 bits per heavy atom. The fourth-order valence-corrected chi connectivity index (χ4v) is 1.63. The lowest BCUT2D eigenvalue weighted by atomic mass is 10.2. The van der Waals surface area contributed by atoms with Gasteiger partial charge in [-0.25, -0.2) is 4.79 Å². The van der Waals surface area contributed by atoms with Crippen LogP contribution in [0, 0.1) is 0 Å². The normalized spacial score (nSPS) is 9.94. The molecule has 0 saturated heterocycles. The van der Waals surface area contributed by atoms with Gasteiger partial charge in [0.15, 0.2) is 0 Å². The van der Waals surface area contributed by atoms with E-state index in [1.54, 1.807) is 30.3 Å². The van der Waals surface area contributed by atoms with Crippen LogP contribution in [0.5, 0.6) is 0 Å². The number of aromatic carboxylic acids is 1. The minimum Gasteiger partial charge on any atom is -0.478 e. The van der Waals surface area contributed by atoms with Gasteiger partial charge in [-0.1, -0.05) is 29.8 Å². The molecule has 0 atom stereocenters. The van der Waals surface area contributed by atoms with Crippen molar-refractivity contribution in [2.24, 2.45) is 0 Å². The molecule has 0 heterocycles. The van der Waals surface area contributed by atoms with Crippen LogP contribution in [0.1, 0.15) is 10.4 Å². The summed E-state index contributed by atoms with van der Waals surface area (Å²) in [5.41, 5.74) is 1.68. The van der Waals surface area contributed by atoms with E-state index in [1.807, 2.05) is 18.2 Å². The minimum atomic E-state index is -0.951. The van der Waals surface area contributed by atoms with Gasteiger partial charge in [-0.2, -0.15) is 0 Å². The summed E-state index contributed by atoms with van der Waals surface area (Å²) in [4.78, 5) is 10.8. The fraction of sp³-hybridized carbons (Fsp3) is 0. The number of carboxylic acid groups (broad SMARTS) is 1. The number of rotatable bonds is 3. The van der Waals surface area contributed by atoms with Gasteiger partial charge >= 0.3 is 5.97 Å². The summed E-state index contributed by atoms with van der Waals surface area (Å²) in [6.45, 7) is 0. The molecular weight excluding hydrogens is 238 g/mol. The van der Waals surface area contributed by atoms with Crippen molar-refractivity contribution in [2.45, 2.75) is 0 Å². The molecule has 86 valence electrons. The van der Waals surface area contributed by atoms with Gasteiger partial charge < -0.3 is 10.4 Å². The van der Waals surface area contributed by atoms with Crippen LogP contribution in [0.2, 0.25) is 5.02 Å². The summed E-state index contributed by atoms with van der Waals surface area (Å²) in [6, 6.07) is 13.9. The molecule has 0 bridgehead atoms. The molecule has 0 aliphatic carbocycles. The monoisotopic (exact) mass is 247 g/mol. The average molecular weight is 248 g/mol. The second kappa shape index (κ2) is 4.89. The van der Waals surface area contributed by atoms with Crippen molar-refractivity contribution >= 4 is 28.9 Å². The largest absolute Gasteiger partial charge is 0.478 e. The number of halogens is 1. The molecule has 0 amide bonds. The van der Waals surface area contributed by atoms with Crippen LogP contribution in [-0.2, 0) is 0 Å². The van der Waals surface area contributed by atoms with Gasteiger partial charge in [-0.05, 0) is 30.3 Å². The van der Waals surface area contributed by atoms with Crippen molar-refractivity contribution in [1.29, 1.82) is 0 Å². The lowest BCUT2D eigenvalue weighted by Crippen LogP contribution is -1.98. The van der Waals surface area contributed by atoms with Crippen molar-refractivity contribution in [3.05, 3.63) is 59.1 Å². The Morgan fingerprint density at radius 2 is 1.88 bits per heavy atom. The van der Waals surface area contributed by atoms with Crippen molar-refractivity contribution < 1.29 is 9.90 Å². The topological polar surface area (TPSA) is 49.3 Å². The third kappa shape index (κ3) is 2.77. The average Bonchev–Trinajstić information content (AvgIpc) is 2.32. The van der Waals surface area contributed by atoms with Crippen molar-refractivity contribution in [1.82, 2.24) is 0 Å². The molecule has 0 spiro atoms. The first-order valence-electron chi connectivity index (χ1n) is 5.02. The highest BCUT2D eigenvalue weighted by atomic mass is 35.5. The Balaban J connectivity index is 2.28. The molecule has 2 aromatic rings. The third-order valence-electron chi connectivity index (χ3n) is 2.26. The molecule has 3 nitrogen and oxygen atoms in total. The van der Waals surface area contributed by atoms with Crippen LogP contribution in [0.3, 0.4) is 0 Å². The molecular formula is C13H10ClNO2. The second-order valence-electron chi connectivity index (χ2n) is 3.49. The minimum absolute atomic E-state index is 0.238. The van der Waals surface area contributed by atoms with E-state index in [1.165, 1.54) is 0 Å². The molecule has 2 rings (SSSR count). The Morgan fingerprint density at radius 3 is 2.59 bits per heavy atom. The zero-order chi connectivity index (χ0) is 12.3. The molecule has 0 aliphatic heterocycles. The summed E-state index contributed by atoms with van der Waals surface area (Å²) in [7, 11) is 0. The Labute approximate surface area is 104 Å². The standard InChI is InChI=1S/C13H10ClNO2/c14-11-6-1-2-7-12(11)15-10-5-3-4-9(8-10)13(16)17/h1-8,15H,(H,16,17). The van der Waals surface area contributed by atoms with E-state index in [-0.39, 0.29) is 5.56 Å². The van der Waals surface area contributed by atoms with Gasteiger partial charge in [-0.15, -0.1) is 0 Å². The highest BCUT2D eigenvalue weighted by Gasteiger charge is 2.04. The maximum absolute atomic E-state index is 10.8. The second-order valence-corrected chi connectivity index (χ2v) is 3.90. The van der Waals surface area contributed by atoms with Crippen LogP contribution < -0.4 is 5.32 Å². The van der Waals surface area contributed by atoms with E-state index in [4.69, 9.17) is 16.7 Å². The molecule has 4 heteroatoms. The highest BCUT2D eigenvalue weighted by Crippen LogP contribution is 2.25. The highest BCUT2D eigenvalue weighted by molar-refractivity contribution is 6.33. The maximum atomic E-state index is 10.8. The summed E-state index contributed by atoms with van der Waals surface area (Å²) in [5.74, 6) is -0.951. The van der Waals surface area contributed by atoms with Gasteiger partial charge in [0, 0.05) is 5.69 Å². The van der Waals surface area contributed by atoms with E-state index in [2.05, 4.69) is 5.32 Å². The summed E-state index contributed by atoms with van der Waals surface area (Å²) >= 11 is 6.00.